The summed E-state index contributed by atoms with van der Waals surface area (Å²) in [5, 5.41) is 0. The second-order valence-corrected chi connectivity index (χ2v) is 6.40. The van der Waals surface area contributed by atoms with Crippen LogP contribution < -0.4 is 0 Å². The van der Waals surface area contributed by atoms with Crippen LogP contribution in [0.1, 0.15) is 59.3 Å². The Labute approximate surface area is 109 Å². The highest BCUT2D eigenvalue weighted by atomic mass is 16.6. The Morgan fingerprint density at radius 2 is 1.83 bits per heavy atom. The molecule has 1 spiro atoms. The molecule has 0 aromatic carbocycles. The van der Waals surface area contributed by atoms with Gasteiger partial charge in [0.05, 0.1) is 0 Å². The van der Waals surface area contributed by atoms with E-state index in [2.05, 4.69) is 0 Å². The van der Waals surface area contributed by atoms with Crippen molar-refractivity contribution < 1.29 is 14.3 Å². The maximum atomic E-state index is 12.3. The van der Waals surface area contributed by atoms with Gasteiger partial charge in [-0.1, -0.05) is 12.8 Å². The number of amides is 1. The first-order valence-electron chi connectivity index (χ1n) is 6.89. The number of likely N-dealkylation sites (tertiary alicyclic amines) is 1. The number of carbonyl (C=O) groups excluding carboxylic acids is 2. The Bertz CT molecular complexity index is 351. The van der Waals surface area contributed by atoms with Gasteiger partial charge in [0.15, 0.2) is 5.78 Å². The number of hydrogen-bond acceptors (Lipinski definition) is 3. The zero-order valence-electron chi connectivity index (χ0n) is 11.6. The Kier molecular flexibility index (Phi) is 3.39. The maximum Gasteiger partial charge on any atom is 0.411 e. The molecule has 0 radical (unpaired) electrons. The third kappa shape index (κ3) is 2.38. The van der Waals surface area contributed by atoms with Crippen molar-refractivity contribution in [2.45, 2.75) is 70.4 Å². The molecule has 4 heteroatoms. The standard InChI is InChI=1S/C14H23NO3/c1-13(2,3)18-12(17)15-10-6-7-11(16)14(15)8-4-5-9-14/h4-10H2,1-3H3. The molecule has 1 saturated heterocycles. The van der Waals surface area contributed by atoms with E-state index in [1.165, 1.54) is 0 Å². The van der Waals surface area contributed by atoms with Gasteiger partial charge in [0, 0.05) is 13.0 Å². The van der Waals surface area contributed by atoms with Crippen molar-refractivity contribution >= 4 is 11.9 Å². The van der Waals surface area contributed by atoms with Crippen LogP contribution in [0.4, 0.5) is 4.79 Å². The fourth-order valence-corrected chi connectivity index (χ4v) is 3.09. The van der Waals surface area contributed by atoms with Crippen LogP contribution in [0.2, 0.25) is 0 Å². The van der Waals surface area contributed by atoms with Gasteiger partial charge >= 0.3 is 6.09 Å². The van der Waals surface area contributed by atoms with Gasteiger partial charge in [-0.3, -0.25) is 9.69 Å². The zero-order chi connectivity index (χ0) is 13.4. The van der Waals surface area contributed by atoms with E-state index in [1.54, 1.807) is 4.90 Å². The van der Waals surface area contributed by atoms with Crippen LogP contribution in [-0.2, 0) is 9.53 Å². The molecule has 0 bridgehead atoms. The van der Waals surface area contributed by atoms with Gasteiger partial charge in [0.2, 0.25) is 0 Å². The lowest BCUT2D eigenvalue weighted by atomic mass is 9.84. The van der Waals surface area contributed by atoms with Crippen LogP contribution in [0.3, 0.4) is 0 Å². The molecule has 2 fully saturated rings. The lowest BCUT2D eigenvalue weighted by Crippen LogP contribution is -2.59. The molecule has 1 saturated carbocycles. The van der Waals surface area contributed by atoms with E-state index < -0.39 is 11.1 Å². The molecule has 2 rings (SSSR count). The van der Waals surface area contributed by atoms with Gasteiger partial charge in [-0.15, -0.1) is 0 Å². The van der Waals surface area contributed by atoms with Gasteiger partial charge in [0.1, 0.15) is 11.1 Å². The first kappa shape index (κ1) is 13.4. The molecule has 0 unspecified atom stereocenters. The Balaban J connectivity index is 2.19. The number of carbonyl (C=O) groups is 2. The molecule has 1 aliphatic carbocycles. The Hall–Kier alpha value is -1.06. The number of rotatable bonds is 0. The molecule has 102 valence electrons. The molecular weight excluding hydrogens is 230 g/mol. The fraction of sp³-hybridized carbons (Fsp3) is 0.857. The van der Waals surface area contributed by atoms with Gasteiger partial charge in [-0.05, 0) is 40.0 Å². The lowest BCUT2D eigenvalue weighted by molar-refractivity contribution is -0.134. The van der Waals surface area contributed by atoms with E-state index in [4.69, 9.17) is 4.74 Å². The summed E-state index contributed by atoms with van der Waals surface area (Å²) in [7, 11) is 0. The maximum absolute atomic E-state index is 12.3. The van der Waals surface area contributed by atoms with Crippen molar-refractivity contribution in [3.63, 3.8) is 0 Å². The summed E-state index contributed by atoms with van der Waals surface area (Å²) in [6.45, 7) is 6.23. The van der Waals surface area contributed by atoms with Crippen molar-refractivity contribution in [1.82, 2.24) is 4.90 Å². The van der Waals surface area contributed by atoms with E-state index in [9.17, 15) is 9.59 Å². The highest BCUT2D eigenvalue weighted by Gasteiger charge is 2.50. The number of hydrogen-bond donors (Lipinski definition) is 0. The normalized spacial score (nSPS) is 23.5. The Morgan fingerprint density at radius 1 is 1.22 bits per heavy atom. The summed E-state index contributed by atoms with van der Waals surface area (Å²) in [6.07, 6.45) is 4.74. The molecule has 4 nitrogen and oxygen atoms in total. The Morgan fingerprint density at radius 3 is 2.39 bits per heavy atom. The van der Waals surface area contributed by atoms with Crippen molar-refractivity contribution in [2.75, 3.05) is 6.54 Å². The van der Waals surface area contributed by atoms with E-state index in [-0.39, 0.29) is 11.9 Å². The molecule has 1 heterocycles. The van der Waals surface area contributed by atoms with Crippen molar-refractivity contribution in [3.8, 4) is 0 Å². The number of nitrogens with zero attached hydrogens (tertiary/aromatic N) is 1. The smallest absolute Gasteiger partial charge is 0.411 e. The number of Topliss-reactive ketones (excluding diaryl/α,β-unsaturated/α-hetero) is 1. The first-order valence-corrected chi connectivity index (χ1v) is 6.89. The lowest BCUT2D eigenvalue weighted by Gasteiger charge is -2.43. The molecule has 2 aliphatic rings. The quantitative estimate of drug-likeness (QED) is 0.667. The minimum Gasteiger partial charge on any atom is -0.444 e. The highest BCUT2D eigenvalue weighted by Crippen LogP contribution is 2.40. The molecule has 0 atom stereocenters. The van der Waals surface area contributed by atoms with Gasteiger partial charge in [-0.25, -0.2) is 4.79 Å². The van der Waals surface area contributed by atoms with Crippen LogP contribution in [0.5, 0.6) is 0 Å². The van der Waals surface area contributed by atoms with Crippen LogP contribution in [0, 0.1) is 0 Å². The number of piperidine rings is 1. The molecule has 18 heavy (non-hydrogen) atoms. The second kappa shape index (κ2) is 4.56. The van der Waals surface area contributed by atoms with Gasteiger partial charge in [-0.2, -0.15) is 0 Å². The van der Waals surface area contributed by atoms with Crippen molar-refractivity contribution in [3.05, 3.63) is 0 Å². The first-order chi connectivity index (χ1) is 8.35. The third-order valence-corrected chi connectivity index (χ3v) is 3.87. The molecule has 0 N–H and O–H groups in total. The van der Waals surface area contributed by atoms with E-state index >= 15 is 0 Å². The summed E-state index contributed by atoms with van der Waals surface area (Å²) in [5.41, 5.74) is -1.04. The average molecular weight is 253 g/mol. The second-order valence-electron chi connectivity index (χ2n) is 6.40. The van der Waals surface area contributed by atoms with E-state index in [0.717, 1.165) is 32.1 Å². The number of ether oxygens (including phenoxy) is 1. The molecule has 1 amide bonds. The summed E-state index contributed by atoms with van der Waals surface area (Å²) < 4.78 is 5.45. The third-order valence-electron chi connectivity index (χ3n) is 3.87. The molecule has 0 aromatic rings. The zero-order valence-corrected chi connectivity index (χ0v) is 11.6. The fourth-order valence-electron chi connectivity index (χ4n) is 3.09. The topological polar surface area (TPSA) is 46.6 Å². The van der Waals surface area contributed by atoms with Crippen molar-refractivity contribution in [2.24, 2.45) is 0 Å². The summed E-state index contributed by atoms with van der Waals surface area (Å²) >= 11 is 0. The van der Waals surface area contributed by atoms with Crippen LogP contribution in [0.15, 0.2) is 0 Å². The average Bonchev–Trinajstić information content (AvgIpc) is 2.70. The number of ketones is 1. The summed E-state index contributed by atoms with van der Waals surface area (Å²) in [6, 6.07) is 0. The minimum absolute atomic E-state index is 0.233. The van der Waals surface area contributed by atoms with Crippen LogP contribution >= 0.6 is 0 Å². The molecular formula is C14H23NO3. The van der Waals surface area contributed by atoms with E-state index in [0.29, 0.717) is 13.0 Å². The molecule has 0 aromatic heterocycles. The van der Waals surface area contributed by atoms with E-state index in [1.807, 2.05) is 20.8 Å². The van der Waals surface area contributed by atoms with Crippen molar-refractivity contribution in [1.29, 1.82) is 0 Å². The summed E-state index contributed by atoms with van der Waals surface area (Å²) in [5.74, 6) is 0.233. The molecule has 1 aliphatic heterocycles. The predicted octanol–water partition coefficient (Wildman–Crippen LogP) is 2.90. The predicted molar refractivity (Wildman–Crippen MR) is 68.4 cm³/mol. The SMILES string of the molecule is CC(C)(C)OC(=O)N1CCCC(=O)C12CCCC2. The minimum atomic E-state index is -0.541. The summed E-state index contributed by atoms with van der Waals surface area (Å²) in [4.78, 5) is 26.2. The van der Waals surface area contributed by atoms with Gasteiger partial charge in [0.25, 0.3) is 0 Å². The largest absolute Gasteiger partial charge is 0.444 e. The van der Waals surface area contributed by atoms with Crippen LogP contribution in [0.25, 0.3) is 0 Å². The van der Waals surface area contributed by atoms with Crippen LogP contribution in [-0.4, -0.2) is 34.5 Å². The monoisotopic (exact) mass is 253 g/mol. The highest BCUT2D eigenvalue weighted by molar-refractivity contribution is 5.93. The van der Waals surface area contributed by atoms with Gasteiger partial charge < -0.3 is 4.74 Å².